The highest BCUT2D eigenvalue weighted by atomic mass is 16.6. The summed E-state index contributed by atoms with van der Waals surface area (Å²) in [6, 6.07) is 5.62. The SMILES string of the molecule is COCCNC(=O)COC(=O)C1(c2ccc3c(c2)OCCO3)CCCC1. The molecule has 2 aliphatic rings. The number of fused-ring (bicyclic) bond motifs is 1. The van der Waals surface area contributed by atoms with Gasteiger partial charge in [0.05, 0.1) is 12.0 Å². The van der Waals surface area contributed by atoms with Crippen LogP contribution in [0.15, 0.2) is 18.2 Å². The van der Waals surface area contributed by atoms with Crippen LogP contribution in [0, 0.1) is 0 Å². The van der Waals surface area contributed by atoms with Crippen LogP contribution in [-0.2, 0) is 24.5 Å². The van der Waals surface area contributed by atoms with E-state index in [9.17, 15) is 9.59 Å². The van der Waals surface area contributed by atoms with E-state index in [1.165, 1.54) is 0 Å². The van der Waals surface area contributed by atoms with Gasteiger partial charge in [0.25, 0.3) is 5.91 Å². The predicted octanol–water partition coefficient (Wildman–Crippen LogP) is 1.58. The van der Waals surface area contributed by atoms with E-state index < -0.39 is 5.41 Å². The summed E-state index contributed by atoms with van der Waals surface area (Å²) in [5.74, 6) is 0.670. The van der Waals surface area contributed by atoms with Crippen LogP contribution in [0.5, 0.6) is 11.5 Å². The lowest BCUT2D eigenvalue weighted by Crippen LogP contribution is -2.38. The normalized spacial score (nSPS) is 17.6. The van der Waals surface area contributed by atoms with Crippen molar-refractivity contribution in [3.8, 4) is 11.5 Å². The first-order valence-electron chi connectivity index (χ1n) is 8.99. The molecule has 1 aromatic rings. The summed E-state index contributed by atoms with van der Waals surface area (Å²) in [7, 11) is 1.56. The van der Waals surface area contributed by atoms with E-state index in [1.54, 1.807) is 7.11 Å². The van der Waals surface area contributed by atoms with Crippen molar-refractivity contribution in [2.45, 2.75) is 31.1 Å². The molecule has 0 spiro atoms. The van der Waals surface area contributed by atoms with E-state index in [1.807, 2.05) is 18.2 Å². The van der Waals surface area contributed by atoms with Crippen LogP contribution in [0.25, 0.3) is 0 Å². The number of carbonyl (C=O) groups is 2. The second-order valence-corrected chi connectivity index (χ2v) is 6.57. The molecule has 0 aromatic heterocycles. The molecule has 1 aliphatic carbocycles. The summed E-state index contributed by atoms with van der Waals surface area (Å²) in [5.41, 5.74) is 0.145. The van der Waals surface area contributed by atoms with Crippen LogP contribution in [-0.4, -0.2) is 52.0 Å². The van der Waals surface area contributed by atoms with Gasteiger partial charge in [-0.05, 0) is 30.5 Å². The van der Waals surface area contributed by atoms with Gasteiger partial charge in [-0.25, -0.2) is 0 Å². The van der Waals surface area contributed by atoms with Crippen LogP contribution in [0.2, 0.25) is 0 Å². The Kier molecular flexibility index (Phi) is 5.98. The maximum absolute atomic E-state index is 12.9. The fourth-order valence-electron chi connectivity index (χ4n) is 3.54. The monoisotopic (exact) mass is 363 g/mol. The molecule has 0 radical (unpaired) electrons. The van der Waals surface area contributed by atoms with Crippen molar-refractivity contribution in [3.63, 3.8) is 0 Å². The summed E-state index contributed by atoms with van der Waals surface area (Å²) in [4.78, 5) is 24.7. The van der Waals surface area contributed by atoms with Gasteiger partial charge in [-0.15, -0.1) is 0 Å². The van der Waals surface area contributed by atoms with Crippen molar-refractivity contribution in [1.29, 1.82) is 0 Å². The molecule has 1 amide bonds. The van der Waals surface area contributed by atoms with Gasteiger partial charge in [0.15, 0.2) is 18.1 Å². The van der Waals surface area contributed by atoms with Gasteiger partial charge in [0.2, 0.25) is 0 Å². The second-order valence-electron chi connectivity index (χ2n) is 6.57. The molecule has 1 aliphatic heterocycles. The molecule has 0 saturated heterocycles. The predicted molar refractivity (Wildman–Crippen MR) is 93.4 cm³/mol. The summed E-state index contributed by atoms with van der Waals surface area (Å²) < 4.78 is 21.4. The van der Waals surface area contributed by atoms with E-state index in [0.717, 1.165) is 18.4 Å². The summed E-state index contributed by atoms with van der Waals surface area (Å²) >= 11 is 0. The molecular formula is C19H25NO6. The minimum absolute atomic E-state index is 0.283. The van der Waals surface area contributed by atoms with Crippen molar-refractivity contribution in [3.05, 3.63) is 23.8 Å². The zero-order valence-electron chi connectivity index (χ0n) is 15.0. The number of esters is 1. The lowest BCUT2D eigenvalue weighted by atomic mass is 9.78. The Hall–Kier alpha value is -2.28. The quantitative estimate of drug-likeness (QED) is 0.585. The van der Waals surface area contributed by atoms with Crippen molar-refractivity contribution in [2.24, 2.45) is 0 Å². The van der Waals surface area contributed by atoms with Gasteiger partial charge in [-0.1, -0.05) is 18.9 Å². The first-order valence-corrected chi connectivity index (χ1v) is 8.99. The van der Waals surface area contributed by atoms with Gasteiger partial charge in [0, 0.05) is 13.7 Å². The molecule has 1 saturated carbocycles. The highest BCUT2D eigenvalue weighted by molar-refractivity contribution is 5.87. The third-order valence-electron chi connectivity index (χ3n) is 4.91. The average molecular weight is 363 g/mol. The zero-order valence-corrected chi connectivity index (χ0v) is 15.0. The fraction of sp³-hybridized carbons (Fsp3) is 0.579. The van der Waals surface area contributed by atoms with E-state index in [4.69, 9.17) is 18.9 Å². The number of hydrogen-bond acceptors (Lipinski definition) is 6. The Morgan fingerprint density at radius 3 is 2.62 bits per heavy atom. The van der Waals surface area contributed by atoms with Crippen LogP contribution >= 0.6 is 0 Å². The molecule has 0 bridgehead atoms. The Bertz CT molecular complexity index is 653. The summed E-state index contributed by atoms with van der Waals surface area (Å²) in [5, 5.41) is 2.65. The molecule has 26 heavy (non-hydrogen) atoms. The summed E-state index contributed by atoms with van der Waals surface area (Å²) in [6.07, 6.45) is 3.31. The van der Waals surface area contributed by atoms with Gasteiger partial charge in [-0.3, -0.25) is 9.59 Å². The van der Waals surface area contributed by atoms with Gasteiger partial charge < -0.3 is 24.3 Å². The number of benzene rings is 1. The average Bonchev–Trinajstić information content (AvgIpc) is 3.17. The molecule has 1 heterocycles. The van der Waals surface area contributed by atoms with Crippen LogP contribution in [0.1, 0.15) is 31.2 Å². The van der Waals surface area contributed by atoms with Crippen molar-refractivity contribution in [1.82, 2.24) is 5.32 Å². The van der Waals surface area contributed by atoms with E-state index in [0.29, 0.717) is 50.7 Å². The molecule has 1 fully saturated rings. The third-order valence-corrected chi connectivity index (χ3v) is 4.91. The molecule has 0 atom stereocenters. The fourth-order valence-corrected chi connectivity index (χ4v) is 3.54. The lowest BCUT2D eigenvalue weighted by molar-refractivity contribution is -0.154. The number of hydrogen-bond donors (Lipinski definition) is 1. The minimum atomic E-state index is -0.720. The smallest absolute Gasteiger partial charge is 0.317 e. The minimum Gasteiger partial charge on any atom is -0.486 e. The van der Waals surface area contributed by atoms with E-state index in [-0.39, 0.29) is 18.5 Å². The zero-order chi connectivity index (χ0) is 18.4. The Balaban J connectivity index is 1.69. The van der Waals surface area contributed by atoms with Crippen LogP contribution in [0.3, 0.4) is 0 Å². The van der Waals surface area contributed by atoms with Crippen molar-refractivity contribution < 1.29 is 28.5 Å². The van der Waals surface area contributed by atoms with Crippen LogP contribution < -0.4 is 14.8 Å². The molecule has 1 aromatic carbocycles. The van der Waals surface area contributed by atoms with Crippen molar-refractivity contribution >= 4 is 11.9 Å². The molecular weight excluding hydrogens is 338 g/mol. The van der Waals surface area contributed by atoms with Crippen molar-refractivity contribution in [2.75, 3.05) is 40.1 Å². The number of ether oxygens (including phenoxy) is 4. The second kappa shape index (κ2) is 8.40. The molecule has 142 valence electrons. The standard InChI is InChI=1S/C19H25NO6/c1-23-9-8-20-17(21)13-26-18(22)19(6-2-3-7-19)14-4-5-15-16(12-14)25-11-10-24-15/h4-5,12H,2-3,6-11,13H2,1H3,(H,20,21). The molecule has 7 nitrogen and oxygen atoms in total. The number of methoxy groups -OCH3 is 1. The van der Waals surface area contributed by atoms with E-state index >= 15 is 0 Å². The van der Waals surface area contributed by atoms with Gasteiger partial charge in [-0.2, -0.15) is 0 Å². The van der Waals surface area contributed by atoms with Gasteiger partial charge >= 0.3 is 5.97 Å². The maximum Gasteiger partial charge on any atom is 0.317 e. The topological polar surface area (TPSA) is 83.1 Å². The Labute approximate surface area is 152 Å². The third kappa shape index (κ3) is 3.93. The number of carbonyl (C=O) groups excluding carboxylic acids is 2. The Morgan fingerprint density at radius 1 is 1.15 bits per heavy atom. The molecule has 7 heteroatoms. The first-order chi connectivity index (χ1) is 12.7. The first kappa shape index (κ1) is 18.5. The van der Waals surface area contributed by atoms with Crippen LogP contribution in [0.4, 0.5) is 0 Å². The highest BCUT2D eigenvalue weighted by Gasteiger charge is 2.45. The van der Waals surface area contributed by atoms with Gasteiger partial charge in [0.1, 0.15) is 13.2 Å². The number of rotatable bonds is 7. The molecule has 1 N–H and O–H groups in total. The maximum atomic E-state index is 12.9. The Morgan fingerprint density at radius 2 is 1.88 bits per heavy atom. The molecule has 3 rings (SSSR count). The number of nitrogens with one attached hydrogen (secondary N) is 1. The summed E-state index contributed by atoms with van der Waals surface area (Å²) in [6.45, 7) is 1.54. The van der Waals surface area contributed by atoms with E-state index in [2.05, 4.69) is 5.32 Å². The largest absolute Gasteiger partial charge is 0.486 e. The lowest BCUT2D eigenvalue weighted by Gasteiger charge is -2.28. The molecule has 0 unspecified atom stereocenters. The highest BCUT2D eigenvalue weighted by Crippen LogP contribution is 2.45. The number of amides is 1.